The molecule has 1 aliphatic rings. The third-order valence-electron chi connectivity index (χ3n) is 4.00. The molecule has 0 aromatic heterocycles. The van der Waals surface area contributed by atoms with Gasteiger partial charge in [0.25, 0.3) is 5.91 Å². The second-order valence-corrected chi connectivity index (χ2v) is 5.85. The van der Waals surface area contributed by atoms with Crippen molar-refractivity contribution in [2.45, 2.75) is 12.3 Å². The monoisotopic (exact) mass is 346 g/mol. The van der Waals surface area contributed by atoms with Gasteiger partial charge < -0.3 is 15.8 Å². The summed E-state index contributed by atoms with van der Waals surface area (Å²) in [7, 11) is 0. The predicted molar refractivity (Wildman–Crippen MR) is 87.0 cm³/mol. The number of hydrogen-bond acceptors (Lipinski definition) is 3. The summed E-state index contributed by atoms with van der Waals surface area (Å²) in [6, 6.07) is 10.1. The molecule has 1 saturated carbocycles. The first-order valence-electron chi connectivity index (χ1n) is 7.71. The molecule has 5 nitrogen and oxygen atoms in total. The number of anilines is 1. The summed E-state index contributed by atoms with van der Waals surface area (Å²) in [4.78, 5) is 22.9. The molecule has 2 amide bonds. The smallest absolute Gasteiger partial charge is 0.255 e. The van der Waals surface area contributed by atoms with Crippen molar-refractivity contribution >= 4 is 17.5 Å². The van der Waals surface area contributed by atoms with Crippen molar-refractivity contribution < 1.29 is 23.1 Å². The highest BCUT2D eigenvalue weighted by Crippen LogP contribution is 2.49. The Hall–Kier alpha value is -2.96. The van der Waals surface area contributed by atoms with Gasteiger partial charge in [-0.3, -0.25) is 9.59 Å². The van der Waals surface area contributed by atoms with Gasteiger partial charge >= 0.3 is 0 Å². The largest absolute Gasteiger partial charge is 0.484 e. The van der Waals surface area contributed by atoms with E-state index in [1.54, 1.807) is 24.3 Å². The quantitative estimate of drug-likeness (QED) is 0.843. The van der Waals surface area contributed by atoms with E-state index in [0.29, 0.717) is 17.9 Å². The number of rotatable bonds is 6. The Morgan fingerprint density at radius 1 is 1.12 bits per heavy atom. The molecule has 2 aromatic carbocycles. The fraction of sp³-hybridized carbons (Fsp3) is 0.222. The van der Waals surface area contributed by atoms with Crippen molar-refractivity contribution in [1.29, 1.82) is 0 Å². The summed E-state index contributed by atoms with van der Waals surface area (Å²) < 4.78 is 32.6. The number of ether oxygens (including phenoxy) is 1. The van der Waals surface area contributed by atoms with Gasteiger partial charge in [-0.25, -0.2) is 8.78 Å². The molecule has 3 N–H and O–H groups in total. The molecule has 0 spiro atoms. The molecule has 25 heavy (non-hydrogen) atoms. The lowest BCUT2D eigenvalue weighted by molar-refractivity contribution is -0.120. The fourth-order valence-electron chi connectivity index (χ4n) is 2.69. The normalized spacial score (nSPS) is 18.5. The lowest BCUT2D eigenvalue weighted by atomic mass is 10.1. The van der Waals surface area contributed by atoms with Gasteiger partial charge in [-0.05, 0) is 42.8 Å². The molecule has 1 fully saturated rings. The lowest BCUT2D eigenvalue weighted by Gasteiger charge is -2.08. The average molecular weight is 346 g/mol. The number of hydrogen-bond donors (Lipinski definition) is 2. The fourth-order valence-corrected chi connectivity index (χ4v) is 2.69. The molecule has 3 rings (SSSR count). The van der Waals surface area contributed by atoms with Crippen molar-refractivity contribution in [3.63, 3.8) is 0 Å². The summed E-state index contributed by atoms with van der Waals surface area (Å²) in [5.74, 6) is -2.60. The van der Waals surface area contributed by atoms with Gasteiger partial charge in [-0.1, -0.05) is 6.07 Å². The van der Waals surface area contributed by atoms with Gasteiger partial charge in [0.05, 0.1) is 0 Å². The molecular weight excluding hydrogens is 330 g/mol. The van der Waals surface area contributed by atoms with E-state index >= 15 is 0 Å². The molecule has 130 valence electrons. The number of halogens is 2. The first kappa shape index (κ1) is 16.9. The van der Waals surface area contributed by atoms with Gasteiger partial charge in [0.2, 0.25) is 5.91 Å². The van der Waals surface area contributed by atoms with Crippen LogP contribution in [-0.4, -0.2) is 18.4 Å². The number of nitrogens with one attached hydrogen (secondary N) is 1. The summed E-state index contributed by atoms with van der Waals surface area (Å²) in [5, 5.41) is 2.70. The van der Waals surface area contributed by atoms with E-state index in [-0.39, 0.29) is 18.1 Å². The zero-order chi connectivity index (χ0) is 18.0. The highest BCUT2D eigenvalue weighted by molar-refractivity contribution is 5.95. The van der Waals surface area contributed by atoms with Crippen LogP contribution in [0.2, 0.25) is 0 Å². The van der Waals surface area contributed by atoms with Gasteiger partial charge in [-0.15, -0.1) is 0 Å². The van der Waals surface area contributed by atoms with Crippen molar-refractivity contribution in [3.05, 3.63) is 59.7 Å². The minimum Gasteiger partial charge on any atom is -0.484 e. The van der Waals surface area contributed by atoms with Crippen LogP contribution in [0.3, 0.4) is 0 Å². The van der Waals surface area contributed by atoms with E-state index in [0.717, 1.165) is 0 Å². The topological polar surface area (TPSA) is 81.4 Å². The second-order valence-electron chi connectivity index (χ2n) is 5.85. The molecular formula is C18H16F2N2O3. The Morgan fingerprint density at radius 2 is 1.76 bits per heavy atom. The van der Waals surface area contributed by atoms with E-state index in [9.17, 15) is 18.4 Å². The maximum atomic E-state index is 13.8. The summed E-state index contributed by atoms with van der Waals surface area (Å²) in [6.45, 7) is -0.232. The highest BCUT2D eigenvalue weighted by atomic mass is 19.1. The molecule has 0 unspecified atom stereocenters. The zero-order valence-electron chi connectivity index (χ0n) is 13.2. The number of carbonyl (C=O) groups is 2. The maximum absolute atomic E-state index is 13.8. The average Bonchev–Trinajstić information content (AvgIpc) is 3.34. The first-order chi connectivity index (χ1) is 12.0. The van der Waals surface area contributed by atoms with Gasteiger partial charge in [0, 0.05) is 23.1 Å². The Morgan fingerprint density at radius 3 is 2.36 bits per heavy atom. The van der Waals surface area contributed by atoms with Crippen LogP contribution in [0.1, 0.15) is 17.9 Å². The third-order valence-corrected chi connectivity index (χ3v) is 4.00. The van der Waals surface area contributed by atoms with Crippen LogP contribution in [-0.2, 0) is 9.59 Å². The number of nitrogens with two attached hydrogens (primary N) is 1. The van der Waals surface area contributed by atoms with E-state index < -0.39 is 29.4 Å². The van der Waals surface area contributed by atoms with E-state index in [4.69, 9.17) is 10.5 Å². The lowest BCUT2D eigenvalue weighted by Crippen LogP contribution is -2.20. The SMILES string of the molecule is NC(=O)COc1ccc(NC(=O)[C@@H]2C[C@@H]2c2c(F)cccc2F)cc1. The Labute approximate surface area is 142 Å². The molecule has 2 atom stereocenters. The van der Waals surface area contributed by atoms with Gasteiger partial charge in [-0.2, -0.15) is 0 Å². The summed E-state index contributed by atoms with van der Waals surface area (Å²) in [5.41, 5.74) is 5.48. The van der Waals surface area contributed by atoms with E-state index in [1.165, 1.54) is 18.2 Å². The molecule has 7 heteroatoms. The number of amides is 2. The van der Waals surface area contributed by atoms with Crippen molar-refractivity contribution in [1.82, 2.24) is 0 Å². The van der Waals surface area contributed by atoms with Crippen LogP contribution in [0.4, 0.5) is 14.5 Å². The molecule has 0 saturated heterocycles. The molecule has 0 heterocycles. The zero-order valence-corrected chi connectivity index (χ0v) is 13.2. The first-order valence-corrected chi connectivity index (χ1v) is 7.71. The van der Waals surface area contributed by atoms with Crippen molar-refractivity contribution in [2.24, 2.45) is 11.7 Å². The molecule has 2 aromatic rings. The minimum atomic E-state index is -0.628. The predicted octanol–water partition coefficient (Wildman–Crippen LogP) is 2.57. The third kappa shape index (κ3) is 3.93. The molecule has 0 bridgehead atoms. The molecule has 1 aliphatic carbocycles. The summed E-state index contributed by atoms with van der Waals surface area (Å²) in [6.07, 6.45) is 0.406. The van der Waals surface area contributed by atoms with Crippen LogP contribution >= 0.6 is 0 Å². The summed E-state index contributed by atoms with van der Waals surface area (Å²) >= 11 is 0. The number of carbonyl (C=O) groups excluding carboxylic acids is 2. The number of primary amides is 1. The second kappa shape index (κ2) is 6.88. The number of benzene rings is 2. The van der Waals surface area contributed by atoms with Crippen LogP contribution in [0.5, 0.6) is 5.75 Å². The van der Waals surface area contributed by atoms with Crippen molar-refractivity contribution in [3.8, 4) is 5.75 Å². The van der Waals surface area contributed by atoms with E-state index in [1.807, 2.05) is 0 Å². The Kier molecular flexibility index (Phi) is 4.65. The van der Waals surface area contributed by atoms with Crippen LogP contribution in [0.15, 0.2) is 42.5 Å². The van der Waals surface area contributed by atoms with Gasteiger partial charge in [0.1, 0.15) is 17.4 Å². The maximum Gasteiger partial charge on any atom is 0.255 e. The van der Waals surface area contributed by atoms with Crippen LogP contribution < -0.4 is 15.8 Å². The Balaban J connectivity index is 1.59. The van der Waals surface area contributed by atoms with Crippen LogP contribution in [0.25, 0.3) is 0 Å². The minimum absolute atomic E-state index is 0.0298. The standard InChI is InChI=1S/C18H16F2N2O3/c19-14-2-1-3-15(20)17(14)12-8-13(12)18(24)22-10-4-6-11(7-5-10)25-9-16(21)23/h1-7,12-13H,8-9H2,(H2,21,23)(H,22,24)/t12-,13+/m0/s1. The van der Waals surface area contributed by atoms with Crippen molar-refractivity contribution in [2.75, 3.05) is 11.9 Å². The Bertz CT molecular complexity index is 788. The highest BCUT2D eigenvalue weighted by Gasteiger charge is 2.46. The van der Waals surface area contributed by atoms with Crippen LogP contribution in [0, 0.1) is 17.6 Å². The van der Waals surface area contributed by atoms with E-state index in [2.05, 4.69) is 5.32 Å². The molecule has 0 radical (unpaired) electrons. The molecule has 0 aliphatic heterocycles. The van der Waals surface area contributed by atoms with Gasteiger partial charge in [0.15, 0.2) is 6.61 Å².